The number of aromatic nitrogens is 2. The Balaban J connectivity index is 2.65. The molecule has 1 heterocycles. The smallest absolute Gasteiger partial charge is 0.152 e. The molecule has 0 bridgehead atoms. The topological polar surface area (TPSA) is 25.8 Å². The van der Waals surface area contributed by atoms with Gasteiger partial charge in [-0.1, -0.05) is 36.5 Å². The van der Waals surface area contributed by atoms with E-state index in [9.17, 15) is 4.39 Å². The Kier molecular flexibility index (Phi) is 4.76. The van der Waals surface area contributed by atoms with Crippen LogP contribution in [0.15, 0.2) is 22.9 Å². The van der Waals surface area contributed by atoms with Crippen molar-refractivity contribution in [2.45, 2.75) is 19.8 Å². The fourth-order valence-corrected chi connectivity index (χ4v) is 2.50. The summed E-state index contributed by atoms with van der Waals surface area (Å²) in [7, 11) is 0. The molecular weight excluding hydrogens is 354 g/mol. The molecule has 0 saturated carbocycles. The van der Waals surface area contributed by atoms with Crippen LogP contribution in [0.25, 0.3) is 11.3 Å². The zero-order valence-electron chi connectivity index (χ0n) is 10.1. The maximum Gasteiger partial charge on any atom is 0.152 e. The van der Waals surface area contributed by atoms with Gasteiger partial charge in [-0.05, 0) is 34.5 Å². The van der Waals surface area contributed by atoms with Crippen LogP contribution in [-0.4, -0.2) is 9.97 Å². The average molecular weight is 364 g/mol. The van der Waals surface area contributed by atoms with Crippen molar-refractivity contribution in [3.8, 4) is 11.3 Å². The molecule has 0 saturated heterocycles. The fraction of sp³-hybridized carbons (Fsp3) is 0.231. The second-order valence-corrected chi connectivity index (χ2v) is 5.55. The van der Waals surface area contributed by atoms with Gasteiger partial charge >= 0.3 is 0 Å². The van der Waals surface area contributed by atoms with Crippen molar-refractivity contribution in [1.82, 2.24) is 9.97 Å². The van der Waals surface area contributed by atoms with Gasteiger partial charge in [-0.25, -0.2) is 14.4 Å². The van der Waals surface area contributed by atoms with Crippen LogP contribution in [0.5, 0.6) is 0 Å². The Hall–Kier alpha value is -0.710. The van der Waals surface area contributed by atoms with Gasteiger partial charge < -0.3 is 0 Å². The van der Waals surface area contributed by atoms with E-state index in [0.29, 0.717) is 27.3 Å². The van der Waals surface area contributed by atoms with Crippen molar-refractivity contribution in [1.29, 1.82) is 0 Å². The number of halogens is 4. The number of benzene rings is 1. The predicted molar refractivity (Wildman–Crippen MR) is 79.1 cm³/mol. The van der Waals surface area contributed by atoms with E-state index < -0.39 is 5.82 Å². The molecule has 0 atom stereocenters. The van der Waals surface area contributed by atoms with Crippen molar-refractivity contribution >= 4 is 39.1 Å². The highest BCUT2D eigenvalue weighted by Crippen LogP contribution is 2.35. The van der Waals surface area contributed by atoms with E-state index in [0.717, 1.165) is 12.0 Å². The molecule has 0 aliphatic heterocycles. The Morgan fingerprint density at radius 2 is 2.00 bits per heavy atom. The molecule has 2 rings (SSSR count). The van der Waals surface area contributed by atoms with Gasteiger partial charge in [-0.15, -0.1) is 0 Å². The summed E-state index contributed by atoms with van der Waals surface area (Å²) in [5.41, 5.74) is 1.57. The van der Waals surface area contributed by atoms with Crippen LogP contribution in [0.2, 0.25) is 10.2 Å². The molecule has 1 aromatic heterocycles. The Labute approximate surface area is 129 Å². The molecule has 0 N–H and O–H groups in total. The highest BCUT2D eigenvalue weighted by Gasteiger charge is 2.17. The molecule has 6 heteroatoms. The highest BCUT2D eigenvalue weighted by atomic mass is 79.9. The van der Waals surface area contributed by atoms with E-state index in [2.05, 4.69) is 25.9 Å². The Morgan fingerprint density at radius 1 is 1.26 bits per heavy atom. The third kappa shape index (κ3) is 2.91. The summed E-state index contributed by atoms with van der Waals surface area (Å²) in [4.78, 5) is 8.09. The van der Waals surface area contributed by atoms with Crippen LogP contribution in [0.1, 0.15) is 18.9 Å². The average Bonchev–Trinajstić information content (AvgIpc) is 2.39. The minimum Gasteiger partial charge on any atom is -0.236 e. The van der Waals surface area contributed by atoms with Gasteiger partial charge in [-0.3, -0.25) is 0 Å². The quantitative estimate of drug-likeness (QED) is 0.545. The first-order valence-electron chi connectivity index (χ1n) is 5.69. The van der Waals surface area contributed by atoms with Crippen LogP contribution in [-0.2, 0) is 6.42 Å². The van der Waals surface area contributed by atoms with Crippen LogP contribution in [0.4, 0.5) is 4.39 Å². The molecule has 100 valence electrons. The lowest BCUT2D eigenvalue weighted by Crippen LogP contribution is -1.99. The molecule has 0 radical (unpaired) electrons. The lowest BCUT2D eigenvalue weighted by Gasteiger charge is -2.11. The molecule has 0 spiro atoms. The summed E-state index contributed by atoms with van der Waals surface area (Å²) in [6.07, 6.45) is 2.88. The van der Waals surface area contributed by atoms with Gasteiger partial charge in [0.25, 0.3) is 0 Å². The molecule has 0 aliphatic rings. The zero-order valence-corrected chi connectivity index (χ0v) is 13.2. The maximum atomic E-state index is 14.2. The van der Waals surface area contributed by atoms with Gasteiger partial charge in [0.1, 0.15) is 11.5 Å². The number of rotatable bonds is 3. The van der Waals surface area contributed by atoms with E-state index in [1.54, 1.807) is 12.1 Å². The second kappa shape index (κ2) is 6.16. The molecule has 2 aromatic rings. The second-order valence-electron chi connectivity index (χ2n) is 3.96. The van der Waals surface area contributed by atoms with Gasteiger partial charge in [0.05, 0.1) is 10.7 Å². The monoisotopic (exact) mass is 362 g/mol. The van der Waals surface area contributed by atoms with Crippen LogP contribution in [0, 0.1) is 5.82 Å². The van der Waals surface area contributed by atoms with Crippen molar-refractivity contribution < 1.29 is 4.39 Å². The minimum atomic E-state index is -0.511. The molecule has 2 nitrogen and oxygen atoms in total. The van der Waals surface area contributed by atoms with Crippen molar-refractivity contribution in [2.75, 3.05) is 0 Å². The predicted octanol–water partition coefficient (Wildman–Crippen LogP) is 5.30. The van der Waals surface area contributed by atoms with Crippen molar-refractivity contribution in [2.24, 2.45) is 0 Å². The molecule has 0 fully saturated rings. The normalized spacial score (nSPS) is 10.8. The molecule has 0 aliphatic carbocycles. The summed E-state index contributed by atoms with van der Waals surface area (Å²) < 4.78 is 14.7. The van der Waals surface area contributed by atoms with Gasteiger partial charge in [0.2, 0.25) is 0 Å². The third-order valence-corrected chi connectivity index (χ3v) is 4.27. The number of hydrogen-bond acceptors (Lipinski definition) is 2. The van der Waals surface area contributed by atoms with Crippen molar-refractivity contribution in [3.63, 3.8) is 0 Å². The Morgan fingerprint density at radius 3 is 2.68 bits per heavy atom. The lowest BCUT2D eigenvalue weighted by atomic mass is 10.0. The summed E-state index contributed by atoms with van der Waals surface area (Å²) in [6.45, 7) is 2.01. The summed E-state index contributed by atoms with van der Waals surface area (Å²) in [6, 6.07) is 3.32. The summed E-state index contributed by atoms with van der Waals surface area (Å²) >= 11 is 15.2. The number of hydrogen-bond donors (Lipinski definition) is 0. The fourth-order valence-electron chi connectivity index (χ4n) is 1.80. The van der Waals surface area contributed by atoms with Crippen LogP contribution < -0.4 is 0 Å². The van der Waals surface area contributed by atoms with E-state index in [4.69, 9.17) is 23.2 Å². The molecule has 19 heavy (non-hydrogen) atoms. The third-order valence-electron chi connectivity index (χ3n) is 2.68. The van der Waals surface area contributed by atoms with Crippen LogP contribution >= 0.6 is 39.1 Å². The summed E-state index contributed by atoms with van der Waals surface area (Å²) in [5, 5.41) is 0.389. The SMILES string of the molecule is CCCc1c(Cl)ncnc1-c1ccc(Br)c(Cl)c1F. The highest BCUT2D eigenvalue weighted by molar-refractivity contribution is 9.10. The van der Waals surface area contributed by atoms with Gasteiger partial charge in [0.15, 0.2) is 5.82 Å². The van der Waals surface area contributed by atoms with Crippen LogP contribution in [0.3, 0.4) is 0 Å². The standard InChI is InChI=1S/C13H10BrCl2FN2/c1-2-3-8-12(18-6-19-13(8)16)7-4-5-9(14)10(15)11(7)17/h4-6H,2-3H2,1H3. The summed E-state index contributed by atoms with van der Waals surface area (Å²) in [5.74, 6) is -0.511. The molecule has 0 unspecified atom stereocenters. The van der Waals surface area contributed by atoms with E-state index in [-0.39, 0.29) is 5.02 Å². The van der Waals surface area contributed by atoms with Crippen molar-refractivity contribution in [3.05, 3.63) is 44.5 Å². The first-order chi connectivity index (χ1) is 9.06. The molecule has 1 aromatic carbocycles. The zero-order chi connectivity index (χ0) is 14.0. The van der Waals surface area contributed by atoms with E-state index in [1.165, 1.54) is 6.33 Å². The molecular formula is C13H10BrCl2FN2. The maximum absolute atomic E-state index is 14.2. The van der Waals surface area contributed by atoms with Gasteiger partial charge in [0, 0.05) is 15.6 Å². The van der Waals surface area contributed by atoms with Gasteiger partial charge in [-0.2, -0.15) is 0 Å². The Bertz CT molecular complexity index is 620. The largest absolute Gasteiger partial charge is 0.236 e. The number of nitrogens with zero attached hydrogens (tertiary/aromatic N) is 2. The lowest BCUT2D eigenvalue weighted by molar-refractivity contribution is 0.630. The first-order valence-corrected chi connectivity index (χ1v) is 7.24. The van der Waals surface area contributed by atoms with E-state index >= 15 is 0 Å². The first kappa shape index (κ1) is 14.7. The minimum absolute atomic E-state index is 0.0367. The molecule has 0 amide bonds. The van der Waals surface area contributed by atoms with E-state index in [1.807, 2.05) is 6.92 Å².